The second kappa shape index (κ2) is 9.55. The Bertz CT molecular complexity index is 1030. The molecule has 1 aromatic carbocycles. The summed E-state index contributed by atoms with van der Waals surface area (Å²) in [6, 6.07) is 15.6. The van der Waals surface area contributed by atoms with Crippen molar-refractivity contribution in [3.63, 3.8) is 0 Å². The Balaban J connectivity index is 1.34. The normalized spacial score (nSPS) is 16.0. The molecule has 1 N–H and O–H groups in total. The Hall–Kier alpha value is -3.48. The number of pyridine rings is 1. The summed E-state index contributed by atoms with van der Waals surface area (Å²) in [5, 5.41) is 7.24. The number of amides is 2. The molecule has 31 heavy (non-hydrogen) atoms. The highest BCUT2D eigenvalue weighted by Gasteiger charge is 2.35. The molecule has 7 nitrogen and oxygen atoms in total. The third-order valence-corrected chi connectivity index (χ3v) is 5.50. The van der Waals surface area contributed by atoms with Gasteiger partial charge in [0, 0.05) is 37.1 Å². The third kappa shape index (κ3) is 5.17. The van der Waals surface area contributed by atoms with E-state index in [4.69, 9.17) is 0 Å². The number of benzene rings is 1. The zero-order valence-corrected chi connectivity index (χ0v) is 17.7. The first-order valence-corrected chi connectivity index (χ1v) is 10.8. The van der Waals surface area contributed by atoms with E-state index in [-0.39, 0.29) is 18.2 Å². The van der Waals surface area contributed by atoms with Gasteiger partial charge in [0.25, 0.3) is 0 Å². The number of nitrogens with one attached hydrogen (secondary N) is 1. The summed E-state index contributed by atoms with van der Waals surface area (Å²) in [4.78, 5) is 31.2. The lowest BCUT2D eigenvalue weighted by atomic mass is 10.1. The average Bonchev–Trinajstić information content (AvgIpc) is 3.39. The van der Waals surface area contributed by atoms with Crippen LogP contribution in [0.25, 0.3) is 0 Å². The van der Waals surface area contributed by atoms with Crippen molar-refractivity contribution >= 4 is 23.3 Å². The first-order valence-electron chi connectivity index (χ1n) is 10.8. The van der Waals surface area contributed by atoms with Gasteiger partial charge in [-0.2, -0.15) is 5.10 Å². The van der Waals surface area contributed by atoms with Crippen LogP contribution in [0.15, 0.2) is 60.9 Å². The topological polar surface area (TPSA) is 80.1 Å². The minimum atomic E-state index is -0.395. The maximum Gasteiger partial charge on any atom is 0.231 e. The fraction of sp³-hybridized carbons (Fsp3) is 0.333. The molecule has 1 aliphatic rings. The van der Waals surface area contributed by atoms with Gasteiger partial charge in [0.15, 0.2) is 5.82 Å². The number of hydrogen-bond donors (Lipinski definition) is 1. The first-order chi connectivity index (χ1) is 15.1. The monoisotopic (exact) mass is 417 g/mol. The van der Waals surface area contributed by atoms with E-state index in [9.17, 15) is 9.59 Å². The molecule has 0 radical (unpaired) electrons. The summed E-state index contributed by atoms with van der Waals surface area (Å²) < 4.78 is 1.73. The number of carbonyl (C=O) groups excluding carboxylic acids is 2. The van der Waals surface area contributed by atoms with E-state index in [1.807, 2.05) is 30.3 Å². The minimum absolute atomic E-state index is 0.0258. The number of rotatable bonds is 8. The molecule has 4 rings (SSSR count). The number of aromatic nitrogens is 3. The van der Waals surface area contributed by atoms with Crippen molar-refractivity contribution < 1.29 is 9.59 Å². The highest BCUT2D eigenvalue weighted by molar-refractivity contribution is 6.03. The summed E-state index contributed by atoms with van der Waals surface area (Å²) in [6.07, 6.45) is 7.10. The van der Waals surface area contributed by atoms with Crippen LogP contribution in [0.5, 0.6) is 0 Å². The predicted octanol–water partition coefficient (Wildman–Crippen LogP) is 3.66. The summed E-state index contributed by atoms with van der Waals surface area (Å²) in [5.74, 6) is -0.124. The van der Waals surface area contributed by atoms with E-state index in [1.165, 1.54) is 5.56 Å². The number of anilines is 2. The zero-order valence-electron chi connectivity index (χ0n) is 17.7. The van der Waals surface area contributed by atoms with Gasteiger partial charge in [0.05, 0.1) is 18.2 Å². The summed E-state index contributed by atoms with van der Waals surface area (Å²) in [6.45, 7) is 3.08. The van der Waals surface area contributed by atoms with Crippen LogP contribution in [-0.2, 0) is 22.6 Å². The van der Waals surface area contributed by atoms with Gasteiger partial charge < -0.3 is 10.2 Å². The van der Waals surface area contributed by atoms with E-state index in [2.05, 4.69) is 34.5 Å². The highest BCUT2D eigenvalue weighted by atomic mass is 16.2. The van der Waals surface area contributed by atoms with Crippen molar-refractivity contribution in [1.82, 2.24) is 14.8 Å². The fourth-order valence-electron chi connectivity index (χ4n) is 3.76. The predicted molar refractivity (Wildman–Crippen MR) is 120 cm³/mol. The third-order valence-electron chi connectivity index (χ3n) is 5.50. The Morgan fingerprint density at radius 1 is 1.16 bits per heavy atom. The Kier molecular flexibility index (Phi) is 6.40. The Labute approximate surface area is 182 Å². The first kappa shape index (κ1) is 20.8. The van der Waals surface area contributed by atoms with E-state index >= 15 is 0 Å². The van der Waals surface area contributed by atoms with Crippen molar-refractivity contribution in [2.45, 2.75) is 39.2 Å². The average molecular weight is 418 g/mol. The van der Waals surface area contributed by atoms with Crippen molar-refractivity contribution in [1.29, 1.82) is 0 Å². The summed E-state index contributed by atoms with van der Waals surface area (Å²) >= 11 is 0. The molecule has 0 spiro atoms. The second-order valence-corrected chi connectivity index (χ2v) is 7.88. The van der Waals surface area contributed by atoms with E-state index in [1.54, 1.807) is 28.0 Å². The van der Waals surface area contributed by atoms with Crippen molar-refractivity contribution in [2.75, 3.05) is 16.8 Å². The molecule has 1 fully saturated rings. The minimum Gasteiger partial charge on any atom is -0.312 e. The molecule has 1 atom stereocenters. The molecule has 0 bridgehead atoms. The van der Waals surface area contributed by atoms with E-state index in [0.717, 1.165) is 30.6 Å². The van der Waals surface area contributed by atoms with Crippen LogP contribution in [-0.4, -0.2) is 33.1 Å². The van der Waals surface area contributed by atoms with Crippen molar-refractivity contribution in [3.8, 4) is 0 Å². The molecule has 3 heterocycles. The molecule has 160 valence electrons. The van der Waals surface area contributed by atoms with Crippen molar-refractivity contribution in [2.24, 2.45) is 5.92 Å². The molecule has 1 aliphatic heterocycles. The second-order valence-electron chi connectivity index (χ2n) is 7.88. The van der Waals surface area contributed by atoms with Crippen LogP contribution >= 0.6 is 0 Å². The largest absolute Gasteiger partial charge is 0.312 e. The molecular weight excluding hydrogens is 390 g/mol. The smallest absolute Gasteiger partial charge is 0.231 e. The van der Waals surface area contributed by atoms with Crippen molar-refractivity contribution in [3.05, 3.63) is 72.2 Å². The highest BCUT2D eigenvalue weighted by Crippen LogP contribution is 2.26. The standard InChI is InChI=1S/C24H27N5O2/c1-2-3-6-18-8-10-21(11-9-18)29-16-19(15-23(29)30)24(31)26-22-12-14-28(27-22)17-20-7-4-5-13-25-20/h4-5,7-14,19H,2-3,6,15-17H2,1H3,(H,26,27,31). The van der Waals surface area contributed by atoms with E-state index in [0.29, 0.717) is 18.9 Å². The lowest BCUT2D eigenvalue weighted by molar-refractivity contribution is -0.122. The lowest BCUT2D eigenvalue weighted by Gasteiger charge is -2.17. The summed E-state index contributed by atoms with van der Waals surface area (Å²) in [5.41, 5.74) is 3.01. The fourth-order valence-corrected chi connectivity index (χ4v) is 3.76. The van der Waals surface area contributed by atoms with Gasteiger partial charge in [0.2, 0.25) is 11.8 Å². The van der Waals surface area contributed by atoms with Gasteiger partial charge in [-0.25, -0.2) is 0 Å². The molecule has 0 saturated carbocycles. The number of carbonyl (C=O) groups is 2. The van der Waals surface area contributed by atoms with Gasteiger partial charge in [-0.1, -0.05) is 31.5 Å². The van der Waals surface area contributed by atoms with E-state index < -0.39 is 5.92 Å². The molecular formula is C24H27N5O2. The Morgan fingerprint density at radius 3 is 2.74 bits per heavy atom. The zero-order chi connectivity index (χ0) is 21.6. The maximum absolute atomic E-state index is 12.7. The molecule has 3 aromatic rings. The molecule has 2 amide bonds. The lowest BCUT2D eigenvalue weighted by Crippen LogP contribution is -2.28. The van der Waals surface area contributed by atoms with Crippen LogP contribution in [0.1, 0.15) is 37.4 Å². The van der Waals surface area contributed by atoms with Crippen LogP contribution in [0.2, 0.25) is 0 Å². The van der Waals surface area contributed by atoms with Crippen LogP contribution in [0, 0.1) is 5.92 Å². The van der Waals surface area contributed by atoms with Crippen LogP contribution in [0.4, 0.5) is 11.5 Å². The SMILES string of the molecule is CCCCc1ccc(N2CC(C(=O)Nc3ccn(Cc4ccccn4)n3)CC2=O)cc1. The number of aryl methyl sites for hydroxylation is 1. The molecule has 1 unspecified atom stereocenters. The number of nitrogens with zero attached hydrogens (tertiary/aromatic N) is 4. The molecule has 7 heteroatoms. The van der Waals surface area contributed by atoms with Gasteiger partial charge >= 0.3 is 0 Å². The van der Waals surface area contributed by atoms with Crippen LogP contribution < -0.4 is 10.2 Å². The maximum atomic E-state index is 12.7. The van der Waals surface area contributed by atoms with Gasteiger partial charge in [-0.05, 0) is 42.7 Å². The Morgan fingerprint density at radius 2 is 2.00 bits per heavy atom. The van der Waals surface area contributed by atoms with Gasteiger partial charge in [-0.3, -0.25) is 19.3 Å². The quantitative estimate of drug-likeness (QED) is 0.607. The van der Waals surface area contributed by atoms with Crippen LogP contribution in [0.3, 0.4) is 0 Å². The number of unbranched alkanes of at least 4 members (excludes halogenated alkanes) is 1. The van der Waals surface area contributed by atoms with Gasteiger partial charge in [0.1, 0.15) is 0 Å². The summed E-state index contributed by atoms with van der Waals surface area (Å²) in [7, 11) is 0. The molecule has 2 aromatic heterocycles. The van der Waals surface area contributed by atoms with Gasteiger partial charge in [-0.15, -0.1) is 0 Å². The molecule has 1 saturated heterocycles. The molecule has 0 aliphatic carbocycles. The number of hydrogen-bond acceptors (Lipinski definition) is 4.